The molecule has 1 aliphatic carbocycles. The van der Waals surface area contributed by atoms with Gasteiger partial charge >= 0.3 is 0 Å². The highest BCUT2D eigenvalue weighted by Gasteiger charge is 2.60. The van der Waals surface area contributed by atoms with E-state index in [4.69, 9.17) is 4.74 Å². The molecule has 150 valence electrons. The van der Waals surface area contributed by atoms with Crippen LogP contribution in [0.1, 0.15) is 37.8 Å². The molecule has 1 atom stereocenters. The number of carbonyl (C=O) groups is 2. The molecule has 6 nitrogen and oxygen atoms in total. The number of ether oxygens (including phenoxy) is 1. The van der Waals surface area contributed by atoms with Crippen LogP contribution in [-0.2, 0) is 5.41 Å². The van der Waals surface area contributed by atoms with Gasteiger partial charge in [0.2, 0.25) is 6.54 Å². The van der Waals surface area contributed by atoms with Crippen LogP contribution in [0.2, 0.25) is 0 Å². The monoisotopic (exact) mass is 401 g/mol. The number of hydrogen-bond acceptors (Lipinski definition) is 5. The highest BCUT2D eigenvalue weighted by Crippen LogP contribution is 2.49. The second-order valence-electron chi connectivity index (χ2n) is 7.22. The van der Waals surface area contributed by atoms with Crippen LogP contribution in [0.25, 0.3) is 0 Å². The predicted molar refractivity (Wildman–Crippen MR) is 111 cm³/mol. The number of rotatable bonds is 6. The molecule has 0 aliphatic heterocycles. The molecule has 4 rings (SSSR count). The van der Waals surface area contributed by atoms with E-state index in [1.54, 1.807) is 78.9 Å². The van der Waals surface area contributed by atoms with E-state index in [0.717, 1.165) is 0 Å². The van der Waals surface area contributed by atoms with Crippen molar-refractivity contribution in [2.45, 2.75) is 11.3 Å². The van der Waals surface area contributed by atoms with Crippen LogP contribution in [0.5, 0.6) is 5.75 Å². The summed E-state index contributed by atoms with van der Waals surface area (Å²) >= 11 is 0. The van der Waals surface area contributed by atoms with Gasteiger partial charge in [-0.25, -0.2) is 0 Å². The smallest absolute Gasteiger partial charge is 0.212 e. The number of hydrogen-bond donors (Lipinski definition) is 0. The van der Waals surface area contributed by atoms with E-state index in [-0.39, 0.29) is 0 Å². The lowest BCUT2D eigenvalue weighted by Gasteiger charge is -2.33. The van der Waals surface area contributed by atoms with Crippen molar-refractivity contribution in [2.24, 2.45) is 0 Å². The van der Waals surface area contributed by atoms with Crippen LogP contribution in [0, 0.1) is 10.1 Å². The van der Waals surface area contributed by atoms with E-state index in [2.05, 4.69) is 0 Å². The van der Waals surface area contributed by atoms with Crippen LogP contribution in [-0.4, -0.2) is 30.1 Å². The van der Waals surface area contributed by atoms with Crippen molar-refractivity contribution in [2.75, 3.05) is 13.7 Å². The first-order valence-corrected chi connectivity index (χ1v) is 9.50. The van der Waals surface area contributed by atoms with E-state index in [1.807, 2.05) is 0 Å². The van der Waals surface area contributed by atoms with Crippen molar-refractivity contribution in [1.29, 1.82) is 0 Å². The Labute approximate surface area is 173 Å². The standard InChI is InChI=1S/C24H19NO5/c1-30-18-13-11-17(12-14-18)24(21(15-25(28)29)16-7-3-2-4-8-16)22(26)19-9-5-6-10-20(19)23(24)27/h2-14,21H,15H2,1H3. The van der Waals surface area contributed by atoms with Crippen molar-refractivity contribution < 1.29 is 19.2 Å². The zero-order valence-corrected chi connectivity index (χ0v) is 16.3. The molecule has 0 saturated carbocycles. The highest BCUT2D eigenvalue weighted by atomic mass is 16.6. The molecule has 0 amide bonds. The summed E-state index contributed by atoms with van der Waals surface area (Å²) in [5, 5.41) is 11.7. The van der Waals surface area contributed by atoms with Gasteiger partial charge in [-0.1, -0.05) is 66.7 Å². The Morgan fingerprint density at radius 1 is 0.867 bits per heavy atom. The number of benzene rings is 3. The Morgan fingerprint density at radius 2 is 1.40 bits per heavy atom. The van der Waals surface area contributed by atoms with Gasteiger partial charge in [0.15, 0.2) is 11.6 Å². The van der Waals surface area contributed by atoms with Gasteiger partial charge in [0.25, 0.3) is 0 Å². The molecular formula is C24H19NO5. The van der Waals surface area contributed by atoms with Gasteiger partial charge in [-0.15, -0.1) is 0 Å². The molecule has 0 aromatic heterocycles. The molecule has 0 bridgehead atoms. The third kappa shape index (κ3) is 2.88. The quantitative estimate of drug-likeness (QED) is 0.353. The molecule has 0 N–H and O–H groups in total. The average molecular weight is 401 g/mol. The Kier molecular flexibility index (Phi) is 4.91. The highest BCUT2D eigenvalue weighted by molar-refractivity contribution is 6.33. The van der Waals surface area contributed by atoms with E-state index in [9.17, 15) is 19.7 Å². The van der Waals surface area contributed by atoms with Crippen LogP contribution < -0.4 is 4.74 Å². The molecule has 30 heavy (non-hydrogen) atoms. The topological polar surface area (TPSA) is 86.5 Å². The van der Waals surface area contributed by atoms with Crippen molar-refractivity contribution in [3.05, 3.63) is 111 Å². The van der Waals surface area contributed by atoms with Gasteiger partial charge in [0.1, 0.15) is 11.2 Å². The largest absolute Gasteiger partial charge is 0.497 e. The van der Waals surface area contributed by atoms with E-state index in [0.29, 0.717) is 28.0 Å². The van der Waals surface area contributed by atoms with Gasteiger partial charge in [-0.3, -0.25) is 19.7 Å². The second-order valence-corrected chi connectivity index (χ2v) is 7.22. The summed E-state index contributed by atoms with van der Waals surface area (Å²) in [6.07, 6.45) is 0. The molecular weight excluding hydrogens is 382 g/mol. The van der Waals surface area contributed by atoms with Crippen molar-refractivity contribution in [3.8, 4) is 5.75 Å². The number of fused-ring (bicyclic) bond motifs is 1. The zero-order chi connectivity index (χ0) is 21.3. The minimum Gasteiger partial charge on any atom is -0.497 e. The molecule has 0 fully saturated rings. The Balaban J connectivity index is 2.02. The molecule has 0 heterocycles. The first kappa shape index (κ1) is 19.5. The number of nitro groups is 1. The lowest BCUT2D eigenvalue weighted by atomic mass is 9.64. The summed E-state index contributed by atoms with van der Waals surface area (Å²) in [6.45, 7) is -0.554. The number of ketones is 2. The Hall–Kier alpha value is -3.80. The minimum atomic E-state index is -1.72. The molecule has 0 radical (unpaired) electrons. The fourth-order valence-electron chi connectivity index (χ4n) is 4.37. The Morgan fingerprint density at radius 3 is 1.90 bits per heavy atom. The van der Waals surface area contributed by atoms with E-state index >= 15 is 0 Å². The van der Waals surface area contributed by atoms with Crippen LogP contribution >= 0.6 is 0 Å². The lowest BCUT2D eigenvalue weighted by molar-refractivity contribution is -0.484. The average Bonchev–Trinajstić information content (AvgIpc) is 3.01. The first-order chi connectivity index (χ1) is 14.5. The summed E-state index contributed by atoms with van der Waals surface area (Å²) in [7, 11) is 1.52. The second kappa shape index (κ2) is 7.55. The molecule has 0 saturated heterocycles. The van der Waals surface area contributed by atoms with Crippen molar-refractivity contribution >= 4 is 11.6 Å². The zero-order valence-electron chi connectivity index (χ0n) is 16.3. The predicted octanol–water partition coefficient (Wildman–Crippen LogP) is 4.07. The molecule has 3 aromatic rings. The first-order valence-electron chi connectivity index (χ1n) is 9.50. The summed E-state index contributed by atoms with van der Waals surface area (Å²) in [5.41, 5.74) is -0.139. The van der Waals surface area contributed by atoms with Gasteiger partial charge in [0, 0.05) is 16.1 Å². The SMILES string of the molecule is COc1ccc(C2(C(C[N+](=O)[O-])c3ccccc3)C(=O)c3ccccc3C2=O)cc1. The van der Waals surface area contributed by atoms with E-state index in [1.165, 1.54) is 7.11 Å². The lowest BCUT2D eigenvalue weighted by Crippen LogP contribution is -2.46. The fourth-order valence-corrected chi connectivity index (χ4v) is 4.37. The number of carbonyl (C=O) groups excluding carboxylic acids is 2. The van der Waals surface area contributed by atoms with Crippen LogP contribution in [0.15, 0.2) is 78.9 Å². The van der Waals surface area contributed by atoms with Gasteiger partial charge in [0.05, 0.1) is 13.0 Å². The fraction of sp³-hybridized carbons (Fsp3) is 0.167. The molecule has 0 spiro atoms. The minimum absolute atomic E-state index is 0.294. The van der Waals surface area contributed by atoms with Crippen LogP contribution in [0.3, 0.4) is 0 Å². The number of Topliss-reactive ketones (excluding diaryl/α,β-unsaturated/α-hetero) is 2. The molecule has 6 heteroatoms. The van der Waals surface area contributed by atoms with Crippen molar-refractivity contribution in [1.82, 2.24) is 0 Å². The summed E-state index contributed by atoms with van der Waals surface area (Å²) in [6, 6.07) is 22.0. The maximum atomic E-state index is 13.8. The third-order valence-corrected chi connectivity index (χ3v) is 5.73. The number of methoxy groups -OCH3 is 1. The van der Waals surface area contributed by atoms with Gasteiger partial charge < -0.3 is 4.74 Å². The molecule has 3 aromatic carbocycles. The summed E-state index contributed by atoms with van der Waals surface area (Å²) in [4.78, 5) is 38.8. The maximum Gasteiger partial charge on any atom is 0.212 e. The summed E-state index contributed by atoms with van der Waals surface area (Å²) < 4.78 is 5.21. The van der Waals surface area contributed by atoms with Crippen molar-refractivity contribution in [3.63, 3.8) is 0 Å². The number of nitrogens with zero attached hydrogens (tertiary/aromatic N) is 1. The Bertz CT molecular complexity index is 1090. The maximum absolute atomic E-state index is 13.8. The van der Waals surface area contributed by atoms with E-state index < -0.39 is 34.4 Å². The normalized spacial score (nSPS) is 15.5. The van der Waals surface area contributed by atoms with Gasteiger partial charge in [-0.2, -0.15) is 0 Å². The van der Waals surface area contributed by atoms with Gasteiger partial charge in [-0.05, 0) is 23.3 Å². The van der Waals surface area contributed by atoms with Crippen LogP contribution in [0.4, 0.5) is 0 Å². The molecule has 1 aliphatic rings. The molecule has 1 unspecified atom stereocenters. The summed E-state index contributed by atoms with van der Waals surface area (Å²) in [5.74, 6) is -1.22. The third-order valence-electron chi connectivity index (χ3n) is 5.73.